The molecule has 130 valence electrons. The van der Waals surface area contributed by atoms with Crippen molar-refractivity contribution in [1.29, 1.82) is 0 Å². The molecular formula is C17H29N3O3. The summed E-state index contributed by atoms with van der Waals surface area (Å²) < 4.78 is 0. The maximum atomic E-state index is 12.3. The lowest BCUT2D eigenvalue weighted by Gasteiger charge is -2.24. The fourth-order valence-corrected chi connectivity index (χ4v) is 2.65. The maximum absolute atomic E-state index is 12.3. The molecule has 0 heterocycles. The van der Waals surface area contributed by atoms with E-state index in [4.69, 9.17) is 5.73 Å². The summed E-state index contributed by atoms with van der Waals surface area (Å²) >= 11 is 0. The Morgan fingerprint density at radius 2 is 1.87 bits per heavy atom. The van der Waals surface area contributed by atoms with Crippen molar-refractivity contribution < 1.29 is 14.7 Å². The molecule has 0 fully saturated rings. The zero-order valence-corrected chi connectivity index (χ0v) is 14.2. The van der Waals surface area contributed by atoms with Gasteiger partial charge >= 0.3 is 5.97 Å². The highest BCUT2D eigenvalue weighted by Gasteiger charge is 2.27. The first-order chi connectivity index (χ1) is 10.9. The first-order valence-corrected chi connectivity index (χ1v) is 8.21. The third-order valence-corrected chi connectivity index (χ3v) is 4.37. The van der Waals surface area contributed by atoms with Crippen LogP contribution in [0.3, 0.4) is 0 Å². The number of carboxylic acid groups (broad SMARTS) is 1. The van der Waals surface area contributed by atoms with Gasteiger partial charge in [0.25, 0.3) is 0 Å². The molecule has 0 radical (unpaired) electrons. The van der Waals surface area contributed by atoms with Crippen LogP contribution >= 0.6 is 0 Å². The highest BCUT2D eigenvalue weighted by atomic mass is 16.4. The third-order valence-electron chi connectivity index (χ3n) is 4.37. The van der Waals surface area contributed by atoms with Gasteiger partial charge in [0, 0.05) is 6.04 Å². The Hall–Kier alpha value is -1.66. The number of carboxylic acids is 1. The van der Waals surface area contributed by atoms with E-state index in [0.717, 1.165) is 6.42 Å². The van der Waals surface area contributed by atoms with Crippen molar-refractivity contribution in [3.63, 3.8) is 0 Å². The van der Waals surface area contributed by atoms with Crippen molar-refractivity contribution >= 4 is 11.9 Å². The van der Waals surface area contributed by atoms with E-state index in [-0.39, 0.29) is 29.8 Å². The van der Waals surface area contributed by atoms with E-state index in [1.807, 2.05) is 38.2 Å². The van der Waals surface area contributed by atoms with Gasteiger partial charge in [-0.3, -0.25) is 4.79 Å². The minimum atomic E-state index is -1.00. The molecule has 5 N–H and O–H groups in total. The Bertz CT molecular complexity index is 448. The van der Waals surface area contributed by atoms with Crippen LogP contribution in [0.25, 0.3) is 0 Å². The van der Waals surface area contributed by atoms with Gasteiger partial charge in [-0.2, -0.15) is 0 Å². The van der Waals surface area contributed by atoms with Crippen LogP contribution in [0, 0.1) is 11.8 Å². The van der Waals surface area contributed by atoms with E-state index in [2.05, 4.69) is 10.6 Å². The summed E-state index contributed by atoms with van der Waals surface area (Å²) in [5.74, 6) is -0.952. The van der Waals surface area contributed by atoms with Crippen molar-refractivity contribution in [2.45, 2.75) is 51.2 Å². The summed E-state index contributed by atoms with van der Waals surface area (Å²) in [7, 11) is 1.72. The molecule has 0 aromatic rings. The molecule has 0 aromatic heterocycles. The van der Waals surface area contributed by atoms with Crippen LogP contribution in [0.2, 0.25) is 0 Å². The second-order valence-electron chi connectivity index (χ2n) is 6.14. The Morgan fingerprint density at radius 3 is 2.35 bits per heavy atom. The summed E-state index contributed by atoms with van der Waals surface area (Å²) in [5, 5.41) is 15.0. The lowest BCUT2D eigenvalue weighted by molar-refractivity contribution is -0.142. The van der Waals surface area contributed by atoms with Crippen LogP contribution in [-0.4, -0.2) is 42.2 Å². The lowest BCUT2D eigenvalue weighted by Crippen LogP contribution is -2.51. The van der Waals surface area contributed by atoms with Gasteiger partial charge in [0.2, 0.25) is 5.91 Å². The topological polar surface area (TPSA) is 104 Å². The van der Waals surface area contributed by atoms with Crippen molar-refractivity contribution in [1.82, 2.24) is 10.6 Å². The molecule has 0 saturated carbocycles. The molecule has 0 spiro atoms. The van der Waals surface area contributed by atoms with E-state index in [1.165, 1.54) is 0 Å². The predicted octanol–water partition coefficient (Wildman–Crippen LogP) is 1.04. The standard InChI is InChI=1S/C17H29N3O3/c1-4-11(2)15(19-3)16(21)20-14(17(22)23)10-7-12-5-8-13(18)9-6-12/h5-6,8-9,11-15,19H,4,7,10,18H2,1-3H3,(H,20,21)(H,22,23). The van der Waals surface area contributed by atoms with E-state index in [9.17, 15) is 14.7 Å². The minimum absolute atomic E-state index is 0.0619. The fraction of sp³-hybridized carbons (Fsp3) is 0.647. The number of hydrogen-bond donors (Lipinski definition) is 4. The number of rotatable bonds is 9. The normalized spacial score (nSPS) is 24.0. The molecule has 1 aliphatic carbocycles. The number of hydrogen-bond acceptors (Lipinski definition) is 4. The molecule has 0 bridgehead atoms. The summed E-state index contributed by atoms with van der Waals surface area (Å²) in [4.78, 5) is 23.7. The molecule has 3 unspecified atom stereocenters. The van der Waals surface area contributed by atoms with Gasteiger partial charge in [0.1, 0.15) is 6.04 Å². The van der Waals surface area contributed by atoms with Gasteiger partial charge in [-0.15, -0.1) is 0 Å². The number of carbonyl (C=O) groups excluding carboxylic acids is 1. The Balaban J connectivity index is 2.58. The molecule has 0 saturated heterocycles. The van der Waals surface area contributed by atoms with Crippen LogP contribution in [-0.2, 0) is 9.59 Å². The smallest absolute Gasteiger partial charge is 0.326 e. The number of nitrogens with one attached hydrogen (secondary N) is 2. The van der Waals surface area contributed by atoms with Crippen molar-refractivity contribution in [3.8, 4) is 0 Å². The van der Waals surface area contributed by atoms with Gasteiger partial charge in [0.15, 0.2) is 0 Å². The van der Waals surface area contributed by atoms with Crippen molar-refractivity contribution in [3.05, 3.63) is 24.3 Å². The SMILES string of the molecule is CCC(C)C(NC)C(=O)NC(CCC1C=CC(N)C=C1)C(=O)O. The molecule has 0 aromatic carbocycles. The average molecular weight is 323 g/mol. The number of likely N-dealkylation sites (N-methyl/N-ethyl adjacent to an activating group) is 1. The zero-order chi connectivity index (χ0) is 17.4. The number of carbonyl (C=O) groups is 2. The van der Waals surface area contributed by atoms with Crippen LogP contribution in [0.5, 0.6) is 0 Å². The van der Waals surface area contributed by atoms with Crippen molar-refractivity contribution in [2.24, 2.45) is 17.6 Å². The first kappa shape index (κ1) is 19.4. The Labute approximate surface area is 138 Å². The molecule has 1 aliphatic rings. The zero-order valence-electron chi connectivity index (χ0n) is 14.2. The predicted molar refractivity (Wildman–Crippen MR) is 90.8 cm³/mol. The lowest BCUT2D eigenvalue weighted by atomic mass is 9.94. The first-order valence-electron chi connectivity index (χ1n) is 8.21. The summed E-state index contributed by atoms with van der Waals surface area (Å²) in [6, 6.07) is -1.32. The highest BCUT2D eigenvalue weighted by Crippen LogP contribution is 2.17. The molecule has 23 heavy (non-hydrogen) atoms. The highest BCUT2D eigenvalue weighted by molar-refractivity contribution is 5.87. The molecule has 3 atom stereocenters. The monoisotopic (exact) mass is 323 g/mol. The maximum Gasteiger partial charge on any atom is 0.326 e. The van der Waals surface area contributed by atoms with Crippen LogP contribution in [0.4, 0.5) is 0 Å². The van der Waals surface area contributed by atoms with Gasteiger partial charge in [0.05, 0.1) is 6.04 Å². The van der Waals surface area contributed by atoms with E-state index >= 15 is 0 Å². The van der Waals surface area contributed by atoms with E-state index < -0.39 is 12.0 Å². The number of aliphatic carboxylic acids is 1. The van der Waals surface area contributed by atoms with Crippen LogP contribution in [0.15, 0.2) is 24.3 Å². The largest absolute Gasteiger partial charge is 0.480 e. The summed E-state index contributed by atoms with van der Waals surface area (Å²) in [5.41, 5.74) is 5.73. The number of amides is 1. The Kier molecular flexibility index (Phi) is 7.98. The van der Waals surface area contributed by atoms with E-state index in [0.29, 0.717) is 12.8 Å². The average Bonchev–Trinajstić information content (AvgIpc) is 2.53. The van der Waals surface area contributed by atoms with Gasteiger partial charge in [-0.1, -0.05) is 44.6 Å². The Morgan fingerprint density at radius 1 is 1.26 bits per heavy atom. The summed E-state index contributed by atoms with van der Waals surface area (Å²) in [6.07, 6.45) is 9.66. The molecule has 0 aliphatic heterocycles. The third kappa shape index (κ3) is 6.15. The van der Waals surface area contributed by atoms with E-state index in [1.54, 1.807) is 7.05 Å². The second kappa shape index (κ2) is 9.47. The second-order valence-corrected chi connectivity index (χ2v) is 6.14. The minimum Gasteiger partial charge on any atom is -0.480 e. The van der Waals surface area contributed by atoms with Crippen LogP contribution < -0.4 is 16.4 Å². The molecule has 1 rings (SSSR count). The quantitative estimate of drug-likeness (QED) is 0.475. The van der Waals surface area contributed by atoms with Gasteiger partial charge in [-0.25, -0.2) is 4.79 Å². The molecular weight excluding hydrogens is 294 g/mol. The number of allylic oxidation sites excluding steroid dienone is 2. The molecule has 1 amide bonds. The number of nitrogens with two attached hydrogens (primary N) is 1. The summed E-state index contributed by atoms with van der Waals surface area (Å²) in [6.45, 7) is 3.97. The van der Waals surface area contributed by atoms with Gasteiger partial charge < -0.3 is 21.5 Å². The van der Waals surface area contributed by atoms with Crippen molar-refractivity contribution in [2.75, 3.05) is 7.05 Å². The van der Waals surface area contributed by atoms with Crippen LogP contribution in [0.1, 0.15) is 33.1 Å². The van der Waals surface area contributed by atoms with Gasteiger partial charge in [-0.05, 0) is 31.7 Å². The molecule has 6 nitrogen and oxygen atoms in total. The molecule has 6 heteroatoms. The fourth-order valence-electron chi connectivity index (χ4n) is 2.65.